The molecule has 7 rings (SSSR count). The van der Waals surface area contributed by atoms with Crippen LogP contribution in [0, 0.1) is 18.3 Å². The Morgan fingerprint density at radius 1 is 1.02 bits per heavy atom. The SMILES string of the molecule is Cc1[nH]c(C2CCN(c3ncnc4c3C=C(c3ccc(C#N)cc3)C4)CC2)nc1-c1ccc2c(c1)OC(F)(F)O2. The summed E-state index contributed by atoms with van der Waals surface area (Å²) in [6.45, 7) is 3.58. The van der Waals surface area contributed by atoms with Gasteiger partial charge < -0.3 is 19.4 Å². The van der Waals surface area contributed by atoms with Gasteiger partial charge in [-0.2, -0.15) is 5.26 Å². The molecule has 2 aromatic carbocycles. The zero-order valence-electron chi connectivity index (χ0n) is 21.6. The number of aromatic amines is 1. The number of allylic oxidation sites excluding steroid dienone is 1. The average Bonchev–Trinajstić information content (AvgIpc) is 3.66. The standard InChI is InChI=1S/C30H24F2N6O2/c1-17-27(21-6-7-25-26(14-21)40-30(31,32)39-25)37-28(36-17)20-8-10-38(11-9-20)29-23-12-22(13-24(23)34-16-35-29)19-4-2-18(15-33)3-5-19/h2-7,12,14,16,20H,8-11,13H2,1H3,(H,36,37). The first-order valence-electron chi connectivity index (χ1n) is 13.1. The number of benzene rings is 2. The summed E-state index contributed by atoms with van der Waals surface area (Å²) < 4.78 is 36.0. The van der Waals surface area contributed by atoms with Gasteiger partial charge in [0.15, 0.2) is 11.5 Å². The van der Waals surface area contributed by atoms with Crippen molar-refractivity contribution in [2.75, 3.05) is 18.0 Å². The van der Waals surface area contributed by atoms with E-state index in [1.54, 1.807) is 18.5 Å². The number of nitrogens with zero attached hydrogens (tertiary/aromatic N) is 5. The number of alkyl halides is 2. The van der Waals surface area contributed by atoms with Crippen LogP contribution in [-0.4, -0.2) is 39.3 Å². The zero-order chi connectivity index (χ0) is 27.4. The second-order valence-corrected chi connectivity index (χ2v) is 10.3. The number of nitriles is 1. The molecule has 40 heavy (non-hydrogen) atoms. The van der Waals surface area contributed by atoms with Crippen LogP contribution >= 0.6 is 0 Å². The van der Waals surface area contributed by atoms with Gasteiger partial charge in [-0.1, -0.05) is 12.1 Å². The molecule has 2 aliphatic heterocycles. The van der Waals surface area contributed by atoms with Gasteiger partial charge in [0.1, 0.15) is 18.0 Å². The first-order valence-corrected chi connectivity index (χ1v) is 13.1. The largest absolute Gasteiger partial charge is 0.586 e. The van der Waals surface area contributed by atoms with Crippen molar-refractivity contribution in [1.29, 1.82) is 5.26 Å². The number of ether oxygens (including phenoxy) is 2. The molecule has 4 heterocycles. The molecule has 3 aliphatic rings. The average molecular weight is 539 g/mol. The van der Waals surface area contributed by atoms with Crippen LogP contribution in [0.25, 0.3) is 22.9 Å². The van der Waals surface area contributed by atoms with Gasteiger partial charge in [0, 0.05) is 42.2 Å². The van der Waals surface area contributed by atoms with E-state index in [2.05, 4.69) is 41.5 Å². The van der Waals surface area contributed by atoms with Crippen LogP contribution in [0.4, 0.5) is 14.6 Å². The van der Waals surface area contributed by atoms with Crippen LogP contribution in [0.1, 0.15) is 52.7 Å². The lowest BCUT2D eigenvalue weighted by atomic mass is 9.96. The van der Waals surface area contributed by atoms with E-state index in [9.17, 15) is 8.78 Å². The molecular weight excluding hydrogens is 514 g/mol. The molecule has 1 N–H and O–H groups in total. The molecule has 200 valence electrons. The fourth-order valence-electron chi connectivity index (χ4n) is 5.73. The summed E-state index contributed by atoms with van der Waals surface area (Å²) in [4.78, 5) is 19.8. The molecule has 0 amide bonds. The van der Waals surface area contributed by atoms with E-state index in [-0.39, 0.29) is 17.4 Å². The maximum Gasteiger partial charge on any atom is 0.586 e. The fourth-order valence-corrected chi connectivity index (χ4v) is 5.73. The summed E-state index contributed by atoms with van der Waals surface area (Å²) in [5.74, 6) is 2.10. The molecule has 1 saturated heterocycles. The molecule has 0 unspecified atom stereocenters. The van der Waals surface area contributed by atoms with Gasteiger partial charge in [0.05, 0.1) is 23.0 Å². The van der Waals surface area contributed by atoms with E-state index < -0.39 is 6.29 Å². The van der Waals surface area contributed by atoms with Crippen molar-refractivity contribution in [3.63, 3.8) is 0 Å². The molecule has 2 aromatic heterocycles. The number of aromatic nitrogens is 4. The normalized spacial score (nSPS) is 17.4. The second kappa shape index (κ2) is 9.16. The molecule has 0 saturated carbocycles. The maximum atomic E-state index is 13.5. The van der Waals surface area contributed by atoms with Crippen molar-refractivity contribution in [2.24, 2.45) is 0 Å². The number of anilines is 1. The topological polar surface area (TPSA) is 100.0 Å². The lowest BCUT2D eigenvalue weighted by Crippen LogP contribution is -2.34. The number of fused-ring (bicyclic) bond motifs is 2. The maximum absolute atomic E-state index is 13.5. The second-order valence-electron chi connectivity index (χ2n) is 10.3. The van der Waals surface area contributed by atoms with Gasteiger partial charge in [0.2, 0.25) is 0 Å². The summed E-state index contributed by atoms with van der Waals surface area (Å²) >= 11 is 0. The quantitative estimate of drug-likeness (QED) is 0.348. The number of piperidine rings is 1. The predicted molar refractivity (Wildman–Crippen MR) is 144 cm³/mol. The molecule has 10 heteroatoms. The molecule has 4 aromatic rings. The first kappa shape index (κ1) is 24.3. The van der Waals surface area contributed by atoms with Gasteiger partial charge in [-0.15, -0.1) is 8.78 Å². The monoisotopic (exact) mass is 538 g/mol. The van der Waals surface area contributed by atoms with E-state index in [1.807, 2.05) is 31.2 Å². The number of halogens is 2. The Bertz CT molecular complexity index is 1700. The van der Waals surface area contributed by atoms with E-state index in [4.69, 9.17) is 10.2 Å². The minimum Gasteiger partial charge on any atom is -0.395 e. The molecule has 0 radical (unpaired) electrons. The highest BCUT2D eigenvalue weighted by Crippen LogP contribution is 2.43. The van der Waals surface area contributed by atoms with Gasteiger partial charge in [-0.3, -0.25) is 0 Å². The molecule has 0 spiro atoms. The highest BCUT2D eigenvalue weighted by Gasteiger charge is 2.43. The van der Waals surface area contributed by atoms with E-state index >= 15 is 0 Å². The summed E-state index contributed by atoms with van der Waals surface area (Å²) in [5.41, 5.74) is 7.25. The van der Waals surface area contributed by atoms with Crippen LogP contribution in [-0.2, 0) is 6.42 Å². The van der Waals surface area contributed by atoms with Gasteiger partial charge in [0.25, 0.3) is 0 Å². The Labute approximate surface area is 228 Å². The molecule has 0 atom stereocenters. The predicted octanol–water partition coefficient (Wildman–Crippen LogP) is 5.85. The number of nitrogens with one attached hydrogen (secondary N) is 1. The van der Waals surface area contributed by atoms with Crippen molar-refractivity contribution in [3.05, 3.63) is 82.7 Å². The summed E-state index contributed by atoms with van der Waals surface area (Å²) in [6.07, 6.45) is 2.68. The Morgan fingerprint density at radius 2 is 1.77 bits per heavy atom. The molecule has 1 fully saturated rings. The third-order valence-corrected chi connectivity index (χ3v) is 7.77. The lowest BCUT2D eigenvalue weighted by Gasteiger charge is -2.32. The van der Waals surface area contributed by atoms with Crippen LogP contribution in [0.15, 0.2) is 48.8 Å². The van der Waals surface area contributed by atoms with Crippen molar-refractivity contribution in [1.82, 2.24) is 19.9 Å². The number of hydrogen-bond acceptors (Lipinski definition) is 7. The number of aryl methyl sites for hydroxylation is 1. The van der Waals surface area contributed by atoms with Gasteiger partial charge in [-0.05, 0) is 67.3 Å². The van der Waals surface area contributed by atoms with E-state index in [1.165, 1.54) is 11.6 Å². The number of H-pyrrole nitrogens is 1. The molecule has 1 aliphatic carbocycles. The van der Waals surface area contributed by atoms with Crippen LogP contribution in [0.5, 0.6) is 11.5 Å². The minimum atomic E-state index is -3.65. The van der Waals surface area contributed by atoms with Gasteiger partial charge in [-0.25, -0.2) is 15.0 Å². The van der Waals surface area contributed by atoms with Crippen molar-refractivity contribution in [3.8, 4) is 28.8 Å². The Kier molecular flexibility index (Phi) is 5.56. The number of hydrogen-bond donors (Lipinski definition) is 1. The molecule has 0 bridgehead atoms. The third kappa shape index (κ3) is 4.24. The minimum absolute atomic E-state index is 0.00790. The number of imidazole rings is 1. The first-order chi connectivity index (χ1) is 19.4. The van der Waals surface area contributed by atoms with Crippen molar-refractivity contribution >= 4 is 17.5 Å². The lowest BCUT2D eigenvalue weighted by molar-refractivity contribution is -0.286. The van der Waals surface area contributed by atoms with E-state index in [0.29, 0.717) is 16.8 Å². The third-order valence-electron chi connectivity index (χ3n) is 7.77. The zero-order valence-corrected chi connectivity index (χ0v) is 21.6. The smallest absolute Gasteiger partial charge is 0.395 e. The summed E-state index contributed by atoms with van der Waals surface area (Å²) in [7, 11) is 0. The fraction of sp³-hybridized carbons (Fsp3) is 0.267. The van der Waals surface area contributed by atoms with Crippen LogP contribution in [0.2, 0.25) is 0 Å². The van der Waals surface area contributed by atoms with Crippen LogP contribution < -0.4 is 14.4 Å². The highest BCUT2D eigenvalue weighted by atomic mass is 19.3. The Balaban J connectivity index is 1.07. The highest BCUT2D eigenvalue weighted by molar-refractivity contribution is 5.91. The summed E-state index contributed by atoms with van der Waals surface area (Å²) in [5, 5.41) is 9.10. The van der Waals surface area contributed by atoms with Gasteiger partial charge >= 0.3 is 6.29 Å². The van der Waals surface area contributed by atoms with Crippen LogP contribution in [0.3, 0.4) is 0 Å². The van der Waals surface area contributed by atoms with Crippen molar-refractivity contribution in [2.45, 2.75) is 38.4 Å². The van der Waals surface area contributed by atoms with Crippen molar-refractivity contribution < 1.29 is 18.3 Å². The Morgan fingerprint density at radius 3 is 2.55 bits per heavy atom. The number of rotatable bonds is 4. The molecule has 8 nitrogen and oxygen atoms in total. The molecular formula is C30H24F2N6O2. The summed E-state index contributed by atoms with van der Waals surface area (Å²) in [6, 6.07) is 14.5. The Hall–Kier alpha value is -4.78. The van der Waals surface area contributed by atoms with E-state index in [0.717, 1.165) is 66.5 Å².